The van der Waals surface area contributed by atoms with Crippen molar-refractivity contribution in [1.82, 2.24) is 10.6 Å². The molecule has 5 nitrogen and oxygen atoms in total. The third-order valence-corrected chi connectivity index (χ3v) is 2.80. The molecule has 0 spiro atoms. The fourth-order valence-corrected chi connectivity index (χ4v) is 1.83. The summed E-state index contributed by atoms with van der Waals surface area (Å²) in [5, 5.41) is 5.43. The number of benzene rings is 1. The molecule has 0 aliphatic carbocycles. The smallest absolute Gasteiger partial charge is 0.258 e. The molecule has 1 atom stereocenters. The van der Waals surface area contributed by atoms with E-state index < -0.39 is 5.82 Å². The quantitative estimate of drug-likeness (QED) is 0.838. The lowest BCUT2D eigenvalue weighted by atomic mass is 10.1. The van der Waals surface area contributed by atoms with E-state index in [1.165, 1.54) is 18.2 Å². The number of rotatable bonds is 4. The van der Waals surface area contributed by atoms with E-state index in [0.717, 1.165) is 0 Å². The molecule has 0 radical (unpaired) electrons. The van der Waals surface area contributed by atoms with Crippen molar-refractivity contribution in [2.24, 2.45) is 0 Å². The highest BCUT2D eigenvalue weighted by Gasteiger charge is 2.19. The molecule has 1 heterocycles. The Morgan fingerprint density at radius 1 is 1.53 bits per heavy atom. The zero-order valence-corrected chi connectivity index (χ0v) is 10.3. The average Bonchev–Trinajstić information content (AvgIpc) is 2.39. The lowest BCUT2D eigenvalue weighted by molar-refractivity contribution is -0.126. The minimum atomic E-state index is -0.409. The topological polar surface area (TPSA) is 67.4 Å². The number of piperidine rings is 1. The summed E-state index contributed by atoms with van der Waals surface area (Å²) in [5.74, 6) is -0.382. The number of hydrogen-bond acceptors (Lipinski definition) is 3. The summed E-state index contributed by atoms with van der Waals surface area (Å²) in [6.45, 7) is 0.262. The van der Waals surface area contributed by atoms with Gasteiger partial charge in [-0.2, -0.15) is 0 Å². The van der Waals surface area contributed by atoms with E-state index in [2.05, 4.69) is 10.6 Å². The largest absolute Gasteiger partial charge is 0.484 e. The van der Waals surface area contributed by atoms with E-state index >= 15 is 0 Å². The number of hydrogen-bond donors (Lipinski definition) is 2. The Labute approximate surface area is 110 Å². The van der Waals surface area contributed by atoms with Gasteiger partial charge in [0.1, 0.15) is 11.6 Å². The van der Waals surface area contributed by atoms with Crippen molar-refractivity contribution in [2.45, 2.75) is 18.9 Å². The van der Waals surface area contributed by atoms with Crippen LogP contribution in [0.1, 0.15) is 12.8 Å². The molecule has 1 saturated heterocycles. The van der Waals surface area contributed by atoms with Gasteiger partial charge in [0, 0.05) is 25.1 Å². The molecular weight excluding hydrogens is 251 g/mol. The zero-order chi connectivity index (χ0) is 13.7. The summed E-state index contributed by atoms with van der Waals surface area (Å²) in [4.78, 5) is 22.6. The summed E-state index contributed by atoms with van der Waals surface area (Å²) >= 11 is 0. The number of carbonyl (C=O) groups is 2. The molecule has 19 heavy (non-hydrogen) atoms. The van der Waals surface area contributed by atoms with E-state index in [-0.39, 0.29) is 24.5 Å². The van der Waals surface area contributed by atoms with Gasteiger partial charge in [-0.1, -0.05) is 6.07 Å². The van der Waals surface area contributed by atoms with Crippen LogP contribution in [0.2, 0.25) is 0 Å². The molecule has 1 aliphatic rings. The molecule has 6 heteroatoms. The molecule has 1 aliphatic heterocycles. The second kappa shape index (κ2) is 6.17. The molecule has 2 N–H and O–H groups in total. The van der Waals surface area contributed by atoms with Gasteiger partial charge in [-0.3, -0.25) is 9.59 Å². The lowest BCUT2D eigenvalue weighted by Crippen LogP contribution is -2.48. The Morgan fingerprint density at radius 2 is 2.37 bits per heavy atom. The first-order valence-electron chi connectivity index (χ1n) is 6.08. The Kier molecular flexibility index (Phi) is 4.33. The number of halogens is 1. The molecule has 0 aromatic heterocycles. The van der Waals surface area contributed by atoms with Gasteiger partial charge < -0.3 is 15.4 Å². The van der Waals surface area contributed by atoms with Crippen LogP contribution in [0.4, 0.5) is 4.39 Å². The number of carbonyl (C=O) groups excluding carboxylic acids is 2. The van der Waals surface area contributed by atoms with Crippen molar-refractivity contribution in [3.05, 3.63) is 30.1 Å². The maximum atomic E-state index is 12.9. The van der Waals surface area contributed by atoms with Crippen LogP contribution < -0.4 is 15.4 Å². The highest BCUT2D eigenvalue weighted by molar-refractivity contribution is 5.79. The van der Waals surface area contributed by atoms with Gasteiger partial charge in [-0.05, 0) is 18.6 Å². The minimum Gasteiger partial charge on any atom is -0.484 e. The molecule has 1 fully saturated rings. The molecule has 1 aromatic rings. The van der Waals surface area contributed by atoms with E-state index in [4.69, 9.17) is 4.74 Å². The molecular formula is C13H15FN2O3. The first-order valence-corrected chi connectivity index (χ1v) is 6.08. The van der Waals surface area contributed by atoms with Crippen LogP contribution in [0.25, 0.3) is 0 Å². The summed E-state index contributed by atoms with van der Waals surface area (Å²) in [6.07, 6.45) is 1.03. The molecule has 1 unspecified atom stereocenters. The zero-order valence-electron chi connectivity index (χ0n) is 10.3. The monoisotopic (exact) mass is 266 g/mol. The standard InChI is InChI=1S/C13H15FN2O3/c14-9-2-1-3-11(6-9)19-8-13(18)16-10-4-5-12(17)15-7-10/h1-3,6,10H,4-5,7-8H2,(H,15,17)(H,16,18). The minimum absolute atomic E-state index is 0.00140. The molecule has 0 saturated carbocycles. The van der Waals surface area contributed by atoms with Crippen molar-refractivity contribution in [1.29, 1.82) is 0 Å². The third-order valence-electron chi connectivity index (χ3n) is 2.80. The van der Waals surface area contributed by atoms with Crippen LogP contribution in [0.3, 0.4) is 0 Å². The van der Waals surface area contributed by atoms with E-state index in [1.807, 2.05) is 0 Å². The summed E-state index contributed by atoms with van der Waals surface area (Å²) in [6, 6.07) is 5.55. The molecule has 102 valence electrons. The summed E-state index contributed by atoms with van der Waals surface area (Å²) in [7, 11) is 0. The second-order valence-corrected chi connectivity index (χ2v) is 4.35. The van der Waals surface area contributed by atoms with E-state index in [9.17, 15) is 14.0 Å². The SMILES string of the molecule is O=C1CCC(NC(=O)COc2cccc(F)c2)CN1. The number of nitrogens with one attached hydrogen (secondary N) is 2. The van der Waals surface area contributed by atoms with Crippen LogP contribution >= 0.6 is 0 Å². The van der Waals surface area contributed by atoms with Crippen LogP contribution in [0.15, 0.2) is 24.3 Å². The van der Waals surface area contributed by atoms with Crippen molar-refractivity contribution < 1.29 is 18.7 Å². The average molecular weight is 266 g/mol. The van der Waals surface area contributed by atoms with Gasteiger partial charge in [-0.25, -0.2) is 4.39 Å². The van der Waals surface area contributed by atoms with Crippen molar-refractivity contribution in [3.63, 3.8) is 0 Å². The van der Waals surface area contributed by atoms with Crippen molar-refractivity contribution in [2.75, 3.05) is 13.2 Å². The second-order valence-electron chi connectivity index (χ2n) is 4.35. The highest BCUT2D eigenvalue weighted by Crippen LogP contribution is 2.11. The fourth-order valence-electron chi connectivity index (χ4n) is 1.83. The van der Waals surface area contributed by atoms with Gasteiger partial charge >= 0.3 is 0 Å². The summed E-state index contributed by atoms with van der Waals surface area (Å²) < 4.78 is 18.1. The van der Waals surface area contributed by atoms with E-state index in [0.29, 0.717) is 25.1 Å². The first-order chi connectivity index (χ1) is 9.13. The predicted octanol–water partition coefficient (Wildman–Crippen LogP) is 0.599. The molecule has 0 bridgehead atoms. The molecule has 1 aromatic carbocycles. The van der Waals surface area contributed by atoms with Crippen LogP contribution in [-0.2, 0) is 9.59 Å². The molecule has 2 rings (SSSR count). The maximum Gasteiger partial charge on any atom is 0.258 e. The number of ether oxygens (including phenoxy) is 1. The van der Waals surface area contributed by atoms with Crippen LogP contribution in [-0.4, -0.2) is 31.0 Å². The van der Waals surface area contributed by atoms with Gasteiger partial charge in [0.15, 0.2) is 6.61 Å². The fraction of sp³-hybridized carbons (Fsp3) is 0.385. The van der Waals surface area contributed by atoms with Gasteiger partial charge in [0.25, 0.3) is 5.91 Å². The summed E-state index contributed by atoms with van der Waals surface area (Å²) in [5.41, 5.74) is 0. The first kappa shape index (κ1) is 13.3. The van der Waals surface area contributed by atoms with Crippen molar-refractivity contribution >= 4 is 11.8 Å². The Balaban J connectivity index is 1.74. The van der Waals surface area contributed by atoms with Gasteiger partial charge in [-0.15, -0.1) is 0 Å². The Bertz CT molecular complexity index is 469. The predicted molar refractivity (Wildman–Crippen MR) is 66.1 cm³/mol. The highest BCUT2D eigenvalue weighted by atomic mass is 19.1. The molecule has 2 amide bonds. The Hall–Kier alpha value is -2.11. The normalized spacial score (nSPS) is 18.6. The third kappa shape index (κ3) is 4.24. The van der Waals surface area contributed by atoms with E-state index in [1.54, 1.807) is 6.07 Å². The van der Waals surface area contributed by atoms with Gasteiger partial charge in [0.2, 0.25) is 5.91 Å². The van der Waals surface area contributed by atoms with Crippen LogP contribution in [0, 0.1) is 5.82 Å². The lowest BCUT2D eigenvalue weighted by Gasteiger charge is -2.23. The van der Waals surface area contributed by atoms with Crippen molar-refractivity contribution in [3.8, 4) is 5.75 Å². The van der Waals surface area contributed by atoms with Crippen LogP contribution in [0.5, 0.6) is 5.75 Å². The Morgan fingerprint density at radius 3 is 3.05 bits per heavy atom. The number of amides is 2. The maximum absolute atomic E-state index is 12.9. The van der Waals surface area contributed by atoms with Gasteiger partial charge in [0.05, 0.1) is 0 Å².